The van der Waals surface area contributed by atoms with Crippen molar-refractivity contribution in [2.45, 2.75) is 20.3 Å². The maximum atomic E-state index is 5.12. The predicted molar refractivity (Wildman–Crippen MR) is 49.1 cm³/mol. The summed E-state index contributed by atoms with van der Waals surface area (Å²) in [4.78, 5) is 0. The lowest BCUT2D eigenvalue weighted by atomic mass is 10.0. The molecular formula is C9H15OP. The number of hydrogen-bond donors (Lipinski definition) is 0. The van der Waals surface area contributed by atoms with Crippen molar-refractivity contribution in [3.05, 3.63) is 12.2 Å². The molecule has 0 amide bonds. The number of hydrogen-bond acceptors (Lipinski definition) is 1. The van der Waals surface area contributed by atoms with Crippen LogP contribution in [0.2, 0.25) is 0 Å². The normalized spacial score (nSPS) is 52.8. The van der Waals surface area contributed by atoms with Crippen LogP contribution in [0.1, 0.15) is 20.3 Å². The zero-order valence-electron chi connectivity index (χ0n) is 7.13. The highest BCUT2D eigenvalue weighted by Gasteiger charge is 2.70. The van der Waals surface area contributed by atoms with Gasteiger partial charge in [0.05, 0.1) is 6.61 Å². The van der Waals surface area contributed by atoms with E-state index in [-0.39, 0.29) is 0 Å². The zero-order chi connectivity index (χ0) is 8.11. The number of allylic oxidation sites excluding steroid dienone is 2. The number of rotatable bonds is 2. The number of fused-ring (bicyclic) bond motifs is 1. The van der Waals surface area contributed by atoms with Crippen molar-refractivity contribution >= 4 is 9.47 Å². The minimum absolute atomic E-state index is 0.448. The van der Waals surface area contributed by atoms with E-state index in [0.717, 1.165) is 12.5 Å². The van der Waals surface area contributed by atoms with Crippen LogP contribution in [0, 0.1) is 16.7 Å². The molecule has 2 rings (SSSR count). The fourth-order valence-corrected chi connectivity index (χ4v) is 2.88. The monoisotopic (exact) mass is 170 g/mol. The van der Waals surface area contributed by atoms with E-state index < -0.39 is 0 Å². The molecule has 0 aromatic heterocycles. The molecule has 1 saturated carbocycles. The highest BCUT2D eigenvalue weighted by Crippen LogP contribution is 2.74. The first-order valence-electron chi connectivity index (χ1n) is 4.14. The fourth-order valence-electron chi connectivity index (χ4n) is 2.69. The summed E-state index contributed by atoms with van der Waals surface area (Å²) in [5.74, 6) is 0.748. The van der Waals surface area contributed by atoms with E-state index in [1.807, 2.05) is 0 Å². The van der Waals surface area contributed by atoms with Crippen LogP contribution in [0.4, 0.5) is 0 Å². The van der Waals surface area contributed by atoms with Gasteiger partial charge in [-0.15, -0.1) is 0 Å². The van der Waals surface area contributed by atoms with Crippen LogP contribution in [-0.2, 0) is 4.52 Å². The topological polar surface area (TPSA) is 9.23 Å². The molecule has 0 heterocycles. The summed E-state index contributed by atoms with van der Waals surface area (Å²) >= 11 is 0. The molecule has 0 N–H and O–H groups in total. The summed E-state index contributed by atoms with van der Waals surface area (Å²) in [5.41, 5.74) is 0.965. The highest BCUT2D eigenvalue weighted by atomic mass is 31.0. The molecule has 2 aliphatic carbocycles. The molecule has 0 aromatic carbocycles. The largest absolute Gasteiger partial charge is 0.365 e. The van der Waals surface area contributed by atoms with Crippen molar-refractivity contribution in [2.75, 3.05) is 6.61 Å². The summed E-state index contributed by atoms with van der Waals surface area (Å²) in [5, 5.41) is 0. The second-order valence-electron chi connectivity index (χ2n) is 4.19. The Balaban J connectivity index is 2.14. The molecule has 0 bridgehead atoms. The fraction of sp³-hybridized carbons (Fsp3) is 0.778. The van der Waals surface area contributed by atoms with E-state index in [1.165, 1.54) is 6.42 Å². The minimum atomic E-state index is 0.448. The Kier molecular flexibility index (Phi) is 1.47. The molecule has 1 unspecified atom stereocenters. The quantitative estimate of drug-likeness (QED) is 0.456. The van der Waals surface area contributed by atoms with E-state index in [2.05, 4.69) is 35.5 Å². The molecule has 11 heavy (non-hydrogen) atoms. The first-order chi connectivity index (χ1) is 5.15. The molecule has 0 saturated heterocycles. The van der Waals surface area contributed by atoms with Crippen LogP contribution < -0.4 is 0 Å². The van der Waals surface area contributed by atoms with Crippen LogP contribution in [0.25, 0.3) is 0 Å². The van der Waals surface area contributed by atoms with Gasteiger partial charge < -0.3 is 4.52 Å². The third kappa shape index (κ3) is 0.738. The van der Waals surface area contributed by atoms with Crippen molar-refractivity contribution in [2.24, 2.45) is 16.7 Å². The predicted octanol–water partition coefficient (Wildman–Crippen LogP) is 2.40. The highest BCUT2D eigenvalue weighted by molar-refractivity contribution is 7.09. The first kappa shape index (κ1) is 7.76. The summed E-state index contributed by atoms with van der Waals surface area (Å²) < 4.78 is 5.12. The van der Waals surface area contributed by atoms with Gasteiger partial charge in [0.15, 0.2) is 0 Å². The first-order valence-corrected chi connectivity index (χ1v) is 4.62. The molecule has 0 radical (unpaired) electrons. The van der Waals surface area contributed by atoms with Gasteiger partial charge in [-0.2, -0.15) is 0 Å². The Morgan fingerprint density at radius 1 is 1.64 bits per heavy atom. The molecule has 1 nitrogen and oxygen atoms in total. The van der Waals surface area contributed by atoms with Gasteiger partial charge >= 0.3 is 0 Å². The molecule has 0 aliphatic heterocycles. The van der Waals surface area contributed by atoms with Gasteiger partial charge in [-0.05, 0) is 23.2 Å². The average Bonchev–Trinajstić information content (AvgIpc) is 2.29. The Labute approximate surface area is 70.5 Å². The standard InChI is InChI=1S/C9H15OP/c1-8-4-3-5-9(8,2)7(8)6-10-11/h3-4,7H,5-6,11H2,1-2H3/t7-,8-,9+/m1/s1. The van der Waals surface area contributed by atoms with E-state index in [0.29, 0.717) is 10.8 Å². The third-order valence-corrected chi connectivity index (χ3v) is 4.10. The molecule has 1 fully saturated rings. The molecule has 2 aliphatic rings. The summed E-state index contributed by atoms with van der Waals surface area (Å²) in [7, 11) is 2.34. The van der Waals surface area contributed by atoms with Crippen molar-refractivity contribution in [1.82, 2.24) is 0 Å². The van der Waals surface area contributed by atoms with Gasteiger partial charge in [0.1, 0.15) is 0 Å². The maximum absolute atomic E-state index is 5.12. The smallest absolute Gasteiger partial charge is 0.0544 e. The Morgan fingerprint density at radius 3 is 2.82 bits per heavy atom. The van der Waals surface area contributed by atoms with E-state index in [4.69, 9.17) is 4.52 Å². The summed E-state index contributed by atoms with van der Waals surface area (Å²) in [6.07, 6.45) is 5.91. The Morgan fingerprint density at radius 2 is 2.36 bits per heavy atom. The van der Waals surface area contributed by atoms with Crippen LogP contribution in [0.15, 0.2) is 12.2 Å². The molecular weight excluding hydrogens is 155 g/mol. The lowest BCUT2D eigenvalue weighted by molar-refractivity contribution is 0.311. The minimum Gasteiger partial charge on any atom is -0.365 e. The van der Waals surface area contributed by atoms with Gasteiger partial charge in [0.25, 0.3) is 0 Å². The molecule has 0 spiro atoms. The van der Waals surface area contributed by atoms with Gasteiger partial charge in [0.2, 0.25) is 0 Å². The summed E-state index contributed by atoms with van der Waals surface area (Å²) in [6, 6.07) is 0. The van der Waals surface area contributed by atoms with E-state index >= 15 is 0 Å². The second kappa shape index (κ2) is 2.08. The molecule has 62 valence electrons. The van der Waals surface area contributed by atoms with Crippen LogP contribution in [-0.4, -0.2) is 6.61 Å². The van der Waals surface area contributed by atoms with E-state index in [9.17, 15) is 0 Å². The van der Waals surface area contributed by atoms with Crippen molar-refractivity contribution < 1.29 is 4.52 Å². The second-order valence-corrected chi connectivity index (χ2v) is 4.53. The molecule has 0 aromatic rings. The van der Waals surface area contributed by atoms with Crippen LogP contribution >= 0.6 is 9.47 Å². The van der Waals surface area contributed by atoms with Gasteiger partial charge in [-0.3, -0.25) is 0 Å². The average molecular weight is 170 g/mol. The van der Waals surface area contributed by atoms with Crippen molar-refractivity contribution in [1.29, 1.82) is 0 Å². The zero-order valence-corrected chi connectivity index (χ0v) is 8.29. The summed E-state index contributed by atoms with van der Waals surface area (Å²) in [6.45, 7) is 5.59. The molecule has 4 atom stereocenters. The van der Waals surface area contributed by atoms with E-state index in [1.54, 1.807) is 0 Å². The third-order valence-electron chi connectivity index (χ3n) is 3.91. The van der Waals surface area contributed by atoms with Crippen LogP contribution in [0.3, 0.4) is 0 Å². The van der Waals surface area contributed by atoms with Gasteiger partial charge in [-0.25, -0.2) is 0 Å². The Hall–Kier alpha value is 0.130. The van der Waals surface area contributed by atoms with Gasteiger partial charge in [0, 0.05) is 9.47 Å². The van der Waals surface area contributed by atoms with Gasteiger partial charge in [-0.1, -0.05) is 26.0 Å². The van der Waals surface area contributed by atoms with Crippen LogP contribution in [0.5, 0.6) is 0 Å². The maximum Gasteiger partial charge on any atom is 0.0544 e. The van der Waals surface area contributed by atoms with Crippen molar-refractivity contribution in [3.8, 4) is 0 Å². The SMILES string of the molecule is C[C@@]12CC=C[C@]1(C)[C@H]2COP. The molecule has 2 heteroatoms. The van der Waals surface area contributed by atoms with Crippen molar-refractivity contribution in [3.63, 3.8) is 0 Å². The Bertz CT molecular complexity index is 214. The lowest BCUT2D eigenvalue weighted by Crippen LogP contribution is -1.99. The lowest BCUT2D eigenvalue weighted by Gasteiger charge is -2.04.